The largest absolute Gasteiger partial charge is 0.312 e. The highest BCUT2D eigenvalue weighted by molar-refractivity contribution is 8.00. The fourth-order valence-corrected chi connectivity index (χ4v) is 4.29. The minimum absolute atomic E-state index is 0.0398. The van der Waals surface area contributed by atoms with Crippen LogP contribution < -0.4 is 4.90 Å². The summed E-state index contributed by atoms with van der Waals surface area (Å²) < 4.78 is 1.99. The molecule has 0 radical (unpaired) electrons. The molecule has 6 heteroatoms. The molecule has 4 rings (SSSR count). The summed E-state index contributed by atoms with van der Waals surface area (Å²) in [5.74, 6) is 0.115. The van der Waals surface area contributed by atoms with E-state index in [0.29, 0.717) is 12.1 Å². The first-order chi connectivity index (χ1) is 12.5. The summed E-state index contributed by atoms with van der Waals surface area (Å²) in [5, 5.41) is 0.564. The number of thioether (sulfide) groups is 1. The maximum absolute atomic E-state index is 12.9. The lowest BCUT2D eigenvalue weighted by atomic mass is 10.0. The Bertz CT molecular complexity index is 1010. The Morgan fingerprint density at radius 3 is 2.88 bits per heavy atom. The van der Waals surface area contributed by atoms with Crippen molar-refractivity contribution >= 4 is 34.7 Å². The molecule has 0 aliphatic carbocycles. The van der Waals surface area contributed by atoms with E-state index in [0.717, 1.165) is 28.3 Å². The Morgan fingerprint density at radius 1 is 1.23 bits per heavy atom. The van der Waals surface area contributed by atoms with Gasteiger partial charge in [0, 0.05) is 30.9 Å². The average Bonchev–Trinajstić information content (AvgIpc) is 3.25. The van der Waals surface area contributed by atoms with E-state index in [1.165, 1.54) is 11.8 Å². The minimum atomic E-state index is -0.246. The molecular formula is C20H19N3O2S. The first-order valence-corrected chi connectivity index (χ1v) is 9.46. The maximum atomic E-state index is 12.9. The van der Waals surface area contributed by atoms with Gasteiger partial charge in [0.05, 0.1) is 17.0 Å². The number of hydrogen-bond donors (Lipinski definition) is 0. The number of hydrogen-bond acceptors (Lipinski definition) is 4. The van der Waals surface area contributed by atoms with Gasteiger partial charge in [-0.25, -0.2) is 4.98 Å². The predicted octanol–water partition coefficient (Wildman–Crippen LogP) is 3.61. The minimum Gasteiger partial charge on any atom is -0.312 e. The topological polar surface area (TPSA) is 54.7 Å². The predicted molar refractivity (Wildman–Crippen MR) is 103 cm³/mol. The third kappa shape index (κ3) is 2.90. The van der Waals surface area contributed by atoms with Crippen LogP contribution in [0.1, 0.15) is 29.8 Å². The van der Waals surface area contributed by atoms with Crippen LogP contribution in [-0.4, -0.2) is 32.9 Å². The van der Waals surface area contributed by atoms with Crippen molar-refractivity contribution in [3.05, 3.63) is 59.9 Å². The number of amides is 1. The quantitative estimate of drug-likeness (QED) is 0.524. The molecule has 3 heterocycles. The molecule has 0 bridgehead atoms. The number of rotatable bonds is 4. The molecule has 1 atom stereocenters. The molecule has 1 aliphatic rings. The highest BCUT2D eigenvalue weighted by Gasteiger charge is 2.25. The first kappa shape index (κ1) is 16.8. The van der Waals surface area contributed by atoms with Crippen LogP contribution in [0.4, 0.5) is 5.69 Å². The molecule has 0 unspecified atom stereocenters. The van der Waals surface area contributed by atoms with Gasteiger partial charge in [0.1, 0.15) is 0 Å². The molecule has 1 aromatic carbocycles. The summed E-state index contributed by atoms with van der Waals surface area (Å²) in [6.07, 6.45) is 4.56. The summed E-state index contributed by atoms with van der Waals surface area (Å²) in [7, 11) is 0. The highest BCUT2D eigenvalue weighted by atomic mass is 32.2. The summed E-state index contributed by atoms with van der Waals surface area (Å²) >= 11 is 1.46. The number of nitrogens with zero attached hydrogens (tertiary/aromatic N) is 3. The molecule has 0 saturated heterocycles. The molecule has 2 aromatic heterocycles. The second-order valence-corrected chi connectivity index (χ2v) is 7.73. The number of aromatic nitrogens is 2. The Morgan fingerprint density at radius 2 is 2.08 bits per heavy atom. The van der Waals surface area contributed by atoms with Crippen molar-refractivity contribution in [1.82, 2.24) is 9.38 Å². The van der Waals surface area contributed by atoms with Crippen LogP contribution >= 0.6 is 11.8 Å². The number of pyridine rings is 1. The van der Waals surface area contributed by atoms with Crippen molar-refractivity contribution < 1.29 is 9.59 Å². The SMILES string of the molecule is CC(=O)N1CCc2cc(C(=O)[C@H](C)Sc3ncc4ccccn34)ccc21. The lowest BCUT2D eigenvalue weighted by molar-refractivity contribution is -0.116. The number of benzene rings is 1. The number of Topliss-reactive ketones (excluding diaryl/α,β-unsaturated/α-hetero) is 1. The number of ketones is 1. The van der Waals surface area contributed by atoms with Crippen LogP contribution in [0.2, 0.25) is 0 Å². The number of carbonyl (C=O) groups is 2. The van der Waals surface area contributed by atoms with Gasteiger partial charge >= 0.3 is 0 Å². The van der Waals surface area contributed by atoms with Gasteiger partial charge in [-0.1, -0.05) is 17.8 Å². The molecule has 1 aliphatic heterocycles. The van der Waals surface area contributed by atoms with Gasteiger partial charge in [0.15, 0.2) is 10.9 Å². The van der Waals surface area contributed by atoms with E-state index in [1.54, 1.807) is 11.8 Å². The third-order valence-corrected chi connectivity index (χ3v) is 5.78. The summed E-state index contributed by atoms with van der Waals surface area (Å²) in [6, 6.07) is 11.6. The first-order valence-electron chi connectivity index (χ1n) is 8.58. The van der Waals surface area contributed by atoms with Crippen molar-refractivity contribution in [3.8, 4) is 0 Å². The molecule has 5 nitrogen and oxygen atoms in total. The fourth-order valence-electron chi connectivity index (χ4n) is 3.33. The zero-order valence-electron chi connectivity index (χ0n) is 14.7. The van der Waals surface area contributed by atoms with Crippen molar-refractivity contribution in [2.24, 2.45) is 0 Å². The van der Waals surface area contributed by atoms with Crippen LogP contribution in [0, 0.1) is 0 Å². The lowest BCUT2D eigenvalue weighted by Crippen LogP contribution is -2.25. The summed E-state index contributed by atoms with van der Waals surface area (Å²) in [6.45, 7) is 4.17. The molecule has 0 fully saturated rings. The standard InChI is InChI=1S/C20H19N3O2S/c1-13(26-20-21-12-17-5-3-4-9-23(17)20)19(25)16-6-7-18-15(11-16)8-10-22(18)14(2)24/h3-7,9,11-13H,8,10H2,1-2H3/t13-/m0/s1. The third-order valence-electron chi connectivity index (χ3n) is 4.70. The van der Waals surface area contributed by atoms with Gasteiger partial charge in [-0.2, -0.15) is 0 Å². The van der Waals surface area contributed by atoms with Gasteiger partial charge in [-0.3, -0.25) is 14.0 Å². The van der Waals surface area contributed by atoms with Crippen LogP contribution in [0.3, 0.4) is 0 Å². The van der Waals surface area contributed by atoms with Crippen molar-refractivity contribution in [3.63, 3.8) is 0 Å². The van der Waals surface area contributed by atoms with Gasteiger partial charge in [-0.15, -0.1) is 0 Å². The van der Waals surface area contributed by atoms with Crippen LogP contribution in [-0.2, 0) is 11.2 Å². The molecule has 0 spiro atoms. The fraction of sp³-hybridized carbons (Fsp3) is 0.250. The van der Waals surface area contributed by atoms with Gasteiger partial charge < -0.3 is 4.90 Å². The van der Waals surface area contributed by atoms with Gasteiger partial charge in [-0.05, 0) is 49.2 Å². The Balaban J connectivity index is 1.55. The maximum Gasteiger partial charge on any atom is 0.223 e. The van der Waals surface area contributed by atoms with Gasteiger partial charge in [0.25, 0.3) is 0 Å². The van der Waals surface area contributed by atoms with E-state index in [4.69, 9.17) is 0 Å². The monoisotopic (exact) mass is 365 g/mol. The Hall–Kier alpha value is -2.60. The van der Waals surface area contributed by atoms with Crippen molar-refractivity contribution in [1.29, 1.82) is 0 Å². The molecular weight excluding hydrogens is 346 g/mol. The second-order valence-electron chi connectivity index (χ2n) is 6.42. The van der Waals surface area contributed by atoms with E-state index in [-0.39, 0.29) is 16.9 Å². The normalized spacial score (nSPS) is 14.5. The molecule has 26 heavy (non-hydrogen) atoms. The summed E-state index contributed by atoms with van der Waals surface area (Å²) in [5.41, 5.74) is 3.69. The van der Waals surface area contributed by atoms with Crippen molar-refractivity contribution in [2.75, 3.05) is 11.4 Å². The van der Waals surface area contributed by atoms with Gasteiger partial charge in [0.2, 0.25) is 5.91 Å². The van der Waals surface area contributed by atoms with Crippen LogP contribution in [0.25, 0.3) is 5.52 Å². The second kappa shape index (κ2) is 6.61. The number of imidazole rings is 1. The zero-order chi connectivity index (χ0) is 18.3. The molecule has 3 aromatic rings. The summed E-state index contributed by atoms with van der Waals surface area (Å²) in [4.78, 5) is 30.7. The molecule has 0 N–H and O–H groups in total. The van der Waals surface area contributed by atoms with Crippen LogP contribution in [0.5, 0.6) is 0 Å². The molecule has 1 amide bonds. The molecule has 0 saturated carbocycles. The smallest absolute Gasteiger partial charge is 0.223 e. The highest BCUT2D eigenvalue weighted by Crippen LogP contribution is 2.31. The molecule has 132 valence electrons. The zero-order valence-corrected chi connectivity index (χ0v) is 15.5. The van der Waals surface area contributed by atoms with E-state index in [9.17, 15) is 9.59 Å². The Labute approximate surface area is 156 Å². The van der Waals surface area contributed by atoms with E-state index in [2.05, 4.69) is 4.98 Å². The Kier molecular flexibility index (Phi) is 4.28. The van der Waals surface area contributed by atoms with E-state index < -0.39 is 0 Å². The van der Waals surface area contributed by atoms with Crippen molar-refractivity contribution in [2.45, 2.75) is 30.7 Å². The number of anilines is 1. The van der Waals surface area contributed by atoms with E-state index >= 15 is 0 Å². The lowest BCUT2D eigenvalue weighted by Gasteiger charge is -2.15. The average molecular weight is 365 g/mol. The van der Waals surface area contributed by atoms with Crippen LogP contribution in [0.15, 0.2) is 53.9 Å². The van der Waals surface area contributed by atoms with E-state index in [1.807, 2.05) is 60.1 Å². The number of fused-ring (bicyclic) bond motifs is 2. The number of carbonyl (C=O) groups excluding carboxylic acids is 2.